The minimum Gasteiger partial charge on any atom is -0.283 e. The summed E-state index contributed by atoms with van der Waals surface area (Å²) in [6, 6.07) is 19.6. The first kappa shape index (κ1) is 13.3. The fraction of sp³-hybridized carbons (Fsp3) is 0.190. The average Bonchev–Trinajstić information content (AvgIpc) is 2.97. The summed E-state index contributed by atoms with van der Waals surface area (Å²) in [4.78, 5) is 6.56. The Morgan fingerprint density at radius 2 is 1.74 bits per heavy atom. The number of nitrogens with zero attached hydrogens (tertiary/aromatic N) is 1. The molecule has 1 nitrogen and oxygen atoms in total. The molecule has 0 bridgehead atoms. The van der Waals surface area contributed by atoms with Gasteiger partial charge in [-0.05, 0) is 29.5 Å². The van der Waals surface area contributed by atoms with Gasteiger partial charge in [-0.1, -0.05) is 54.6 Å². The van der Waals surface area contributed by atoms with Crippen molar-refractivity contribution in [2.24, 2.45) is 4.99 Å². The van der Waals surface area contributed by atoms with Gasteiger partial charge in [0.15, 0.2) is 0 Å². The predicted molar refractivity (Wildman–Crippen MR) is 97.0 cm³/mol. The highest BCUT2D eigenvalue weighted by molar-refractivity contribution is 7.10. The summed E-state index contributed by atoms with van der Waals surface area (Å²) in [6.07, 6.45) is 2.32. The molecule has 0 amide bonds. The van der Waals surface area contributed by atoms with Crippen LogP contribution in [-0.2, 0) is 12.8 Å². The van der Waals surface area contributed by atoms with Gasteiger partial charge in [0.1, 0.15) is 0 Å². The number of aliphatic imine (C=N–C) groups is 1. The zero-order valence-corrected chi connectivity index (χ0v) is 13.6. The van der Waals surface area contributed by atoms with Crippen LogP contribution in [0.4, 0.5) is 0 Å². The van der Waals surface area contributed by atoms with Crippen molar-refractivity contribution in [3.63, 3.8) is 0 Å². The molecule has 1 aliphatic carbocycles. The third kappa shape index (κ3) is 2.02. The SMILES string of the molecule is c1ccc(C2=NCC3c4ccccc4CCc4scc2c43)cc1. The lowest BCUT2D eigenvalue weighted by molar-refractivity contribution is 0.803. The zero-order chi connectivity index (χ0) is 15.2. The van der Waals surface area contributed by atoms with Crippen molar-refractivity contribution in [2.75, 3.05) is 6.54 Å². The van der Waals surface area contributed by atoms with Gasteiger partial charge in [-0.3, -0.25) is 4.99 Å². The van der Waals surface area contributed by atoms with Gasteiger partial charge in [0.05, 0.1) is 12.3 Å². The topological polar surface area (TPSA) is 12.4 Å². The van der Waals surface area contributed by atoms with Crippen molar-refractivity contribution < 1.29 is 0 Å². The lowest BCUT2D eigenvalue weighted by Gasteiger charge is -2.24. The summed E-state index contributed by atoms with van der Waals surface area (Å²) in [6.45, 7) is 0.873. The smallest absolute Gasteiger partial charge is 0.0730 e. The van der Waals surface area contributed by atoms with Gasteiger partial charge in [0.25, 0.3) is 0 Å². The Bertz CT molecular complexity index is 905. The maximum atomic E-state index is 5.00. The quantitative estimate of drug-likeness (QED) is 0.610. The fourth-order valence-electron chi connectivity index (χ4n) is 3.97. The first-order valence-corrected chi connectivity index (χ1v) is 9.08. The van der Waals surface area contributed by atoms with E-state index in [9.17, 15) is 0 Å². The summed E-state index contributed by atoms with van der Waals surface area (Å²) in [5.74, 6) is 0.442. The molecule has 2 heterocycles. The first-order chi connectivity index (χ1) is 11.4. The maximum absolute atomic E-state index is 5.00. The van der Waals surface area contributed by atoms with Gasteiger partial charge >= 0.3 is 0 Å². The van der Waals surface area contributed by atoms with Crippen LogP contribution in [0.1, 0.15) is 38.6 Å². The fourth-order valence-corrected chi connectivity index (χ4v) is 5.07. The molecule has 1 aromatic heterocycles. The first-order valence-electron chi connectivity index (χ1n) is 8.20. The van der Waals surface area contributed by atoms with Gasteiger partial charge in [-0.25, -0.2) is 0 Å². The third-order valence-electron chi connectivity index (χ3n) is 5.04. The second-order valence-electron chi connectivity index (χ2n) is 6.29. The van der Waals surface area contributed by atoms with Crippen LogP contribution in [0.25, 0.3) is 0 Å². The highest BCUT2D eigenvalue weighted by Gasteiger charge is 2.31. The standard InChI is InChI=1S/C21H17NS/c1-2-7-15(8-3-1)21-18-13-23-19-11-10-14-6-4-5-9-16(14)17(12-22-21)20(18)19/h1-9,13,17H,10-12H2. The Morgan fingerprint density at radius 1 is 0.913 bits per heavy atom. The summed E-state index contributed by atoms with van der Waals surface area (Å²) < 4.78 is 0. The molecule has 3 aromatic rings. The van der Waals surface area contributed by atoms with E-state index in [0.717, 1.165) is 19.4 Å². The Labute approximate surface area is 140 Å². The molecular weight excluding hydrogens is 298 g/mol. The van der Waals surface area contributed by atoms with E-state index in [1.165, 1.54) is 28.0 Å². The van der Waals surface area contributed by atoms with Gasteiger partial charge in [0.2, 0.25) is 0 Å². The Morgan fingerprint density at radius 3 is 2.65 bits per heavy atom. The van der Waals surface area contributed by atoms with Gasteiger partial charge in [-0.2, -0.15) is 0 Å². The van der Waals surface area contributed by atoms with E-state index in [2.05, 4.69) is 60.0 Å². The summed E-state index contributed by atoms with van der Waals surface area (Å²) in [7, 11) is 0. The lowest BCUT2D eigenvalue weighted by Crippen LogP contribution is -2.18. The molecule has 0 saturated heterocycles. The van der Waals surface area contributed by atoms with E-state index in [4.69, 9.17) is 4.99 Å². The van der Waals surface area contributed by atoms with E-state index in [1.54, 1.807) is 10.4 Å². The molecule has 1 atom stereocenters. The van der Waals surface area contributed by atoms with E-state index >= 15 is 0 Å². The second-order valence-corrected chi connectivity index (χ2v) is 7.26. The molecule has 5 rings (SSSR count). The molecule has 23 heavy (non-hydrogen) atoms. The minimum atomic E-state index is 0.442. The largest absolute Gasteiger partial charge is 0.283 e. The number of aryl methyl sites for hydroxylation is 2. The number of hydrogen-bond acceptors (Lipinski definition) is 2. The Balaban J connectivity index is 1.70. The highest BCUT2D eigenvalue weighted by Crippen LogP contribution is 2.42. The van der Waals surface area contributed by atoms with Gasteiger partial charge in [-0.15, -0.1) is 11.3 Å². The number of fused-ring (bicyclic) bond motifs is 2. The van der Waals surface area contributed by atoms with Crippen LogP contribution in [0.2, 0.25) is 0 Å². The summed E-state index contributed by atoms with van der Waals surface area (Å²) in [5.41, 5.74) is 8.33. The molecule has 0 radical (unpaired) electrons. The molecule has 2 aromatic carbocycles. The molecule has 2 heteroatoms. The predicted octanol–water partition coefficient (Wildman–Crippen LogP) is 4.83. The van der Waals surface area contributed by atoms with E-state index in [-0.39, 0.29) is 0 Å². The van der Waals surface area contributed by atoms with E-state index in [0.29, 0.717) is 5.92 Å². The number of benzene rings is 2. The van der Waals surface area contributed by atoms with Crippen molar-refractivity contribution in [1.82, 2.24) is 0 Å². The Kier molecular flexibility index (Phi) is 2.98. The van der Waals surface area contributed by atoms with Crippen LogP contribution in [0, 0.1) is 0 Å². The number of hydrogen-bond donors (Lipinski definition) is 0. The third-order valence-corrected chi connectivity index (χ3v) is 6.11. The molecule has 1 unspecified atom stereocenters. The zero-order valence-electron chi connectivity index (χ0n) is 12.8. The van der Waals surface area contributed by atoms with Crippen molar-refractivity contribution >= 4 is 17.0 Å². The van der Waals surface area contributed by atoms with Crippen molar-refractivity contribution in [2.45, 2.75) is 18.8 Å². The van der Waals surface area contributed by atoms with Crippen molar-refractivity contribution in [1.29, 1.82) is 0 Å². The lowest BCUT2D eigenvalue weighted by atomic mass is 9.84. The van der Waals surface area contributed by atoms with Gasteiger partial charge < -0.3 is 0 Å². The monoisotopic (exact) mass is 315 g/mol. The maximum Gasteiger partial charge on any atom is 0.0730 e. The molecular formula is C21H17NS. The van der Waals surface area contributed by atoms with Crippen LogP contribution in [0.5, 0.6) is 0 Å². The molecule has 0 fully saturated rings. The molecule has 112 valence electrons. The molecule has 0 spiro atoms. The summed E-state index contributed by atoms with van der Waals surface area (Å²) >= 11 is 1.92. The second kappa shape index (κ2) is 5.17. The summed E-state index contributed by atoms with van der Waals surface area (Å²) in [5, 5.41) is 2.33. The average molecular weight is 315 g/mol. The van der Waals surface area contributed by atoms with E-state index < -0.39 is 0 Å². The van der Waals surface area contributed by atoms with Crippen LogP contribution < -0.4 is 0 Å². The Hall–Kier alpha value is -2.19. The molecule has 0 N–H and O–H groups in total. The van der Waals surface area contributed by atoms with Crippen LogP contribution in [0.3, 0.4) is 0 Å². The molecule has 0 saturated carbocycles. The van der Waals surface area contributed by atoms with E-state index in [1.807, 2.05) is 11.3 Å². The van der Waals surface area contributed by atoms with Crippen LogP contribution in [0.15, 0.2) is 65.0 Å². The van der Waals surface area contributed by atoms with Gasteiger partial charge in [0, 0.05) is 27.3 Å². The van der Waals surface area contributed by atoms with Crippen molar-refractivity contribution in [3.8, 4) is 0 Å². The highest BCUT2D eigenvalue weighted by atomic mass is 32.1. The molecule has 2 aliphatic rings. The van der Waals surface area contributed by atoms with Crippen LogP contribution >= 0.6 is 11.3 Å². The molecule has 1 aliphatic heterocycles. The normalized spacial score (nSPS) is 18.6. The minimum absolute atomic E-state index is 0.442. The van der Waals surface area contributed by atoms with Crippen molar-refractivity contribution in [3.05, 3.63) is 92.7 Å². The number of thiophene rings is 1. The van der Waals surface area contributed by atoms with Crippen LogP contribution in [-0.4, -0.2) is 12.3 Å². The number of rotatable bonds is 1.